The molecule has 1 N–H and O–H groups in total. The maximum absolute atomic E-state index is 5.20. The first-order valence-electron chi connectivity index (χ1n) is 6.10. The molecule has 0 saturated carbocycles. The van der Waals surface area contributed by atoms with Crippen LogP contribution >= 0.6 is 0 Å². The van der Waals surface area contributed by atoms with Gasteiger partial charge in [-0.25, -0.2) is 4.98 Å². The summed E-state index contributed by atoms with van der Waals surface area (Å²) in [6.45, 7) is 1.14. The second-order valence-corrected chi connectivity index (χ2v) is 4.56. The first-order chi connectivity index (χ1) is 8.35. The predicted molar refractivity (Wildman–Crippen MR) is 66.5 cm³/mol. The zero-order valence-corrected chi connectivity index (χ0v) is 10.0. The number of fused-ring (bicyclic) bond motifs is 1. The molecule has 2 aromatic heterocycles. The number of hydrogen-bond donors (Lipinski definition) is 1. The predicted octanol–water partition coefficient (Wildman–Crippen LogP) is 1.64. The fourth-order valence-corrected chi connectivity index (χ4v) is 2.43. The van der Waals surface area contributed by atoms with E-state index < -0.39 is 0 Å². The van der Waals surface area contributed by atoms with Crippen LogP contribution in [0.1, 0.15) is 18.5 Å². The zero-order valence-electron chi connectivity index (χ0n) is 10.0. The topological polar surface area (TPSA) is 38.6 Å². The molecule has 1 unspecified atom stereocenters. The molecule has 0 aliphatic carbocycles. The van der Waals surface area contributed by atoms with Gasteiger partial charge in [-0.3, -0.25) is 0 Å². The summed E-state index contributed by atoms with van der Waals surface area (Å²) in [7, 11) is 1.68. The molecule has 1 atom stereocenters. The van der Waals surface area contributed by atoms with E-state index in [4.69, 9.17) is 4.74 Å². The van der Waals surface area contributed by atoms with Gasteiger partial charge in [0, 0.05) is 18.7 Å². The van der Waals surface area contributed by atoms with E-state index in [1.165, 1.54) is 12.8 Å². The van der Waals surface area contributed by atoms with E-state index >= 15 is 0 Å². The van der Waals surface area contributed by atoms with Crippen molar-refractivity contribution in [2.24, 2.45) is 0 Å². The van der Waals surface area contributed by atoms with Crippen molar-refractivity contribution in [1.82, 2.24) is 14.7 Å². The highest BCUT2D eigenvalue weighted by molar-refractivity contribution is 5.43. The van der Waals surface area contributed by atoms with Crippen molar-refractivity contribution in [2.45, 2.75) is 25.3 Å². The zero-order chi connectivity index (χ0) is 11.7. The Kier molecular flexibility index (Phi) is 2.73. The van der Waals surface area contributed by atoms with Crippen molar-refractivity contribution in [2.75, 3.05) is 13.7 Å². The van der Waals surface area contributed by atoms with Gasteiger partial charge in [0.15, 0.2) is 0 Å². The second kappa shape index (κ2) is 4.37. The van der Waals surface area contributed by atoms with Crippen LogP contribution in [0.3, 0.4) is 0 Å². The van der Waals surface area contributed by atoms with Gasteiger partial charge in [0.25, 0.3) is 0 Å². The Labute approximate surface area is 101 Å². The standard InChI is InChI=1S/C13H17N3O/c1-17-12-4-5-13-15-11(8-16(13)9-12)7-10-3-2-6-14-10/h4-5,8-10,14H,2-3,6-7H2,1H3. The van der Waals surface area contributed by atoms with Crippen LogP contribution in [0.5, 0.6) is 5.75 Å². The van der Waals surface area contributed by atoms with Gasteiger partial charge in [0.05, 0.1) is 19.0 Å². The average Bonchev–Trinajstić information content (AvgIpc) is 2.96. The van der Waals surface area contributed by atoms with Gasteiger partial charge < -0.3 is 14.5 Å². The summed E-state index contributed by atoms with van der Waals surface area (Å²) in [6.07, 6.45) is 7.62. The monoisotopic (exact) mass is 231 g/mol. The Bertz CT molecular complexity index is 514. The highest BCUT2D eigenvalue weighted by Crippen LogP contribution is 2.16. The number of pyridine rings is 1. The van der Waals surface area contributed by atoms with Gasteiger partial charge in [-0.05, 0) is 31.5 Å². The quantitative estimate of drug-likeness (QED) is 0.872. The van der Waals surface area contributed by atoms with E-state index in [0.29, 0.717) is 6.04 Å². The summed E-state index contributed by atoms with van der Waals surface area (Å²) >= 11 is 0. The van der Waals surface area contributed by atoms with Crippen LogP contribution in [-0.4, -0.2) is 29.1 Å². The smallest absolute Gasteiger partial charge is 0.137 e. The molecule has 17 heavy (non-hydrogen) atoms. The van der Waals surface area contributed by atoms with Gasteiger partial charge in [0.1, 0.15) is 11.4 Å². The Morgan fingerprint density at radius 1 is 1.47 bits per heavy atom. The lowest BCUT2D eigenvalue weighted by molar-refractivity contribution is 0.412. The molecule has 1 aliphatic rings. The molecule has 0 bridgehead atoms. The van der Waals surface area contributed by atoms with E-state index in [1.54, 1.807) is 7.11 Å². The maximum atomic E-state index is 5.20. The lowest BCUT2D eigenvalue weighted by Gasteiger charge is -2.06. The highest BCUT2D eigenvalue weighted by atomic mass is 16.5. The number of methoxy groups -OCH3 is 1. The normalized spacial score (nSPS) is 19.9. The van der Waals surface area contributed by atoms with Crippen molar-refractivity contribution < 1.29 is 4.74 Å². The van der Waals surface area contributed by atoms with Crippen molar-refractivity contribution >= 4 is 5.65 Å². The van der Waals surface area contributed by atoms with E-state index in [9.17, 15) is 0 Å². The third kappa shape index (κ3) is 2.13. The number of nitrogens with one attached hydrogen (secondary N) is 1. The number of aromatic nitrogens is 2. The van der Waals surface area contributed by atoms with Crippen molar-refractivity contribution in [1.29, 1.82) is 0 Å². The van der Waals surface area contributed by atoms with Gasteiger partial charge in [-0.2, -0.15) is 0 Å². The van der Waals surface area contributed by atoms with Crippen molar-refractivity contribution in [3.63, 3.8) is 0 Å². The number of hydrogen-bond acceptors (Lipinski definition) is 3. The SMILES string of the molecule is COc1ccc2nc(CC3CCCN3)cn2c1. The molecule has 1 saturated heterocycles. The molecule has 1 aliphatic heterocycles. The molecule has 0 spiro atoms. The molecular weight excluding hydrogens is 214 g/mol. The van der Waals surface area contributed by atoms with Crippen LogP contribution in [0.25, 0.3) is 5.65 Å². The summed E-state index contributed by atoms with van der Waals surface area (Å²) in [6, 6.07) is 4.53. The number of nitrogens with zero attached hydrogens (tertiary/aromatic N) is 2. The molecule has 4 nitrogen and oxygen atoms in total. The summed E-state index contributed by atoms with van der Waals surface area (Å²) in [5.41, 5.74) is 2.14. The van der Waals surface area contributed by atoms with E-state index in [0.717, 1.165) is 30.1 Å². The van der Waals surface area contributed by atoms with E-state index in [2.05, 4.69) is 16.5 Å². The maximum Gasteiger partial charge on any atom is 0.137 e. The number of ether oxygens (including phenoxy) is 1. The third-order valence-electron chi connectivity index (χ3n) is 3.33. The van der Waals surface area contributed by atoms with E-state index in [1.807, 2.05) is 22.7 Å². The Hall–Kier alpha value is -1.55. The number of rotatable bonds is 3. The van der Waals surface area contributed by atoms with Crippen LogP contribution in [0.4, 0.5) is 0 Å². The molecule has 3 rings (SSSR count). The van der Waals surface area contributed by atoms with Crippen LogP contribution in [-0.2, 0) is 6.42 Å². The molecule has 4 heteroatoms. The van der Waals surface area contributed by atoms with Gasteiger partial charge in [-0.15, -0.1) is 0 Å². The first-order valence-corrected chi connectivity index (χ1v) is 6.10. The first kappa shape index (κ1) is 10.6. The molecular formula is C13H17N3O. The molecule has 90 valence electrons. The molecule has 2 aromatic rings. The highest BCUT2D eigenvalue weighted by Gasteiger charge is 2.15. The summed E-state index contributed by atoms with van der Waals surface area (Å²) < 4.78 is 7.23. The third-order valence-corrected chi connectivity index (χ3v) is 3.33. The van der Waals surface area contributed by atoms with Gasteiger partial charge in [0.2, 0.25) is 0 Å². The fourth-order valence-electron chi connectivity index (χ4n) is 2.43. The Morgan fingerprint density at radius 3 is 3.18 bits per heavy atom. The molecule has 0 aromatic carbocycles. The van der Waals surface area contributed by atoms with Crippen LogP contribution in [0.2, 0.25) is 0 Å². The molecule has 0 amide bonds. The van der Waals surface area contributed by atoms with Gasteiger partial charge >= 0.3 is 0 Å². The summed E-state index contributed by atoms with van der Waals surface area (Å²) in [4.78, 5) is 4.62. The van der Waals surface area contributed by atoms with Crippen LogP contribution in [0.15, 0.2) is 24.5 Å². The van der Waals surface area contributed by atoms with Crippen molar-refractivity contribution in [3.05, 3.63) is 30.2 Å². The summed E-state index contributed by atoms with van der Waals surface area (Å²) in [5.74, 6) is 0.862. The number of imidazole rings is 1. The van der Waals surface area contributed by atoms with E-state index in [-0.39, 0.29) is 0 Å². The molecule has 3 heterocycles. The lowest BCUT2D eigenvalue weighted by Crippen LogP contribution is -2.23. The molecule has 0 radical (unpaired) electrons. The Balaban J connectivity index is 1.85. The Morgan fingerprint density at radius 2 is 2.41 bits per heavy atom. The fraction of sp³-hybridized carbons (Fsp3) is 0.462. The van der Waals surface area contributed by atoms with Crippen molar-refractivity contribution in [3.8, 4) is 5.75 Å². The average molecular weight is 231 g/mol. The lowest BCUT2D eigenvalue weighted by atomic mass is 10.1. The van der Waals surface area contributed by atoms with Crippen LogP contribution < -0.4 is 10.1 Å². The van der Waals surface area contributed by atoms with Gasteiger partial charge in [-0.1, -0.05) is 0 Å². The molecule has 1 fully saturated rings. The second-order valence-electron chi connectivity index (χ2n) is 4.56. The van der Waals surface area contributed by atoms with Crippen LogP contribution in [0, 0.1) is 0 Å². The minimum atomic E-state index is 0.599. The minimum absolute atomic E-state index is 0.599. The summed E-state index contributed by atoms with van der Waals surface area (Å²) in [5, 5.41) is 3.50. The minimum Gasteiger partial charge on any atom is -0.495 e. The largest absolute Gasteiger partial charge is 0.495 e.